The first-order chi connectivity index (χ1) is 11.7. The molecule has 2 heterocycles. The van der Waals surface area contributed by atoms with Crippen LogP contribution in [0.2, 0.25) is 0 Å². The number of carbonyl (C=O) groups is 1. The van der Waals surface area contributed by atoms with Gasteiger partial charge in [0.15, 0.2) is 11.5 Å². The molecule has 0 aliphatic carbocycles. The molecule has 1 fully saturated rings. The summed E-state index contributed by atoms with van der Waals surface area (Å²) in [5.41, 5.74) is 0.569. The van der Waals surface area contributed by atoms with E-state index in [0.29, 0.717) is 19.6 Å². The molecule has 1 atom stereocenters. The number of carbonyl (C=O) groups excluding carboxylic acids is 1. The Labute approximate surface area is 149 Å². The molecule has 6 nitrogen and oxygen atoms in total. The van der Waals surface area contributed by atoms with Crippen molar-refractivity contribution in [2.24, 2.45) is 0 Å². The summed E-state index contributed by atoms with van der Waals surface area (Å²) in [6.45, 7) is 12.2. The fourth-order valence-corrected chi connectivity index (χ4v) is 3.44. The quantitative estimate of drug-likeness (QED) is 0.912. The molecule has 0 spiro atoms. The molecular formula is C19H28N2O4. The highest BCUT2D eigenvalue weighted by molar-refractivity contribution is 5.74. The Bertz CT molecular complexity index is 657. The molecular weight excluding hydrogens is 320 g/mol. The summed E-state index contributed by atoms with van der Waals surface area (Å²) >= 11 is 0. The Kier molecular flexibility index (Phi) is 4.58. The molecule has 0 radical (unpaired) electrons. The molecule has 6 heteroatoms. The Balaban J connectivity index is 1.62. The number of nitrogens with zero attached hydrogens (tertiary/aromatic N) is 1. The van der Waals surface area contributed by atoms with Crippen LogP contribution < -0.4 is 14.8 Å². The average Bonchev–Trinajstić information content (AvgIpc) is 2.98. The third-order valence-corrected chi connectivity index (χ3v) is 4.69. The summed E-state index contributed by atoms with van der Waals surface area (Å²) in [7, 11) is 0. The van der Waals surface area contributed by atoms with Crippen LogP contribution in [0.1, 0.15) is 40.2 Å². The van der Waals surface area contributed by atoms with E-state index in [2.05, 4.69) is 19.2 Å². The molecule has 2 aliphatic rings. The lowest BCUT2D eigenvalue weighted by Gasteiger charge is -2.42. The van der Waals surface area contributed by atoms with E-state index in [-0.39, 0.29) is 29.9 Å². The topological polar surface area (TPSA) is 60.0 Å². The van der Waals surface area contributed by atoms with Crippen LogP contribution in [-0.4, -0.2) is 49.1 Å². The predicted molar refractivity (Wildman–Crippen MR) is 95.2 cm³/mol. The van der Waals surface area contributed by atoms with Crippen LogP contribution in [0.25, 0.3) is 0 Å². The zero-order valence-corrected chi connectivity index (χ0v) is 15.7. The molecule has 1 aromatic rings. The van der Waals surface area contributed by atoms with Crippen molar-refractivity contribution in [1.29, 1.82) is 0 Å². The predicted octanol–water partition coefficient (Wildman–Crippen LogP) is 2.90. The minimum absolute atomic E-state index is 0.0383. The van der Waals surface area contributed by atoms with Crippen LogP contribution >= 0.6 is 0 Å². The number of benzene rings is 1. The minimum atomic E-state index is -0.318. The van der Waals surface area contributed by atoms with Crippen molar-refractivity contribution >= 4 is 6.03 Å². The van der Waals surface area contributed by atoms with Gasteiger partial charge in [0, 0.05) is 18.5 Å². The lowest BCUT2D eigenvalue weighted by Crippen LogP contribution is -2.57. The third kappa shape index (κ3) is 4.00. The van der Waals surface area contributed by atoms with Crippen molar-refractivity contribution in [3.05, 3.63) is 23.8 Å². The number of urea groups is 1. The number of amides is 2. The van der Waals surface area contributed by atoms with Crippen molar-refractivity contribution in [1.82, 2.24) is 10.2 Å². The molecule has 3 rings (SSSR count). The second kappa shape index (κ2) is 6.41. The molecule has 138 valence electrons. The lowest BCUT2D eigenvalue weighted by atomic mass is 9.84. The van der Waals surface area contributed by atoms with Gasteiger partial charge in [0.05, 0.1) is 18.2 Å². The Morgan fingerprint density at radius 1 is 1.32 bits per heavy atom. The van der Waals surface area contributed by atoms with Crippen molar-refractivity contribution in [3.8, 4) is 11.5 Å². The lowest BCUT2D eigenvalue weighted by molar-refractivity contribution is -0.117. The van der Waals surface area contributed by atoms with Crippen LogP contribution in [0.15, 0.2) is 18.2 Å². The maximum Gasteiger partial charge on any atom is 0.317 e. The van der Waals surface area contributed by atoms with E-state index < -0.39 is 0 Å². The maximum absolute atomic E-state index is 12.6. The number of fused-ring (bicyclic) bond motifs is 1. The highest BCUT2D eigenvalue weighted by atomic mass is 16.7. The van der Waals surface area contributed by atoms with Gasteiger partial charge in [-0.05, 0) is 38.5 Å². The van der Waals surface area contributed by atoms with Gasteiger partial charge in [0.1, 0.15) is 0 Å². The van der Waals surface area contributed by atoms with E-state index >= 15 is 0 Å². The third-order valence-electron chi connectivity index (χ3n) is 4.69. The molecule has 1 saturated heterocycles. The van der Waals surface area contributed by atoms with Crippen LogP contribution in [0.3, 0.4) is 0 Å². The molecule has 2 amide bonds. The standard InChI is InChI=1S/C19H28N2O4/c1-13-9-21(11-19(4,5)25-13)17(22)20-10-18(2,3)14-6-7-15-16(8-14)24-12-23-15/h6-8,13H,9-12H2,1-5H3,(H,20,22). The van der Waals surface area contributed by atoms with Gasteiger partial charge in [-0.25, -0.2) is 4.79 Å². The summed E-state index contributed by atoms with van der Waals surface area (Å²) in [5, 5.41) is 3.08. The Morgan fingerprint density at radius 3 is 2.76 bits per heavy atom. The van der Waals surface area contributed by atoms with Gasteiger partial charge in [-0.2, -0.15) is 0 Å². The molecule has 1 unspecified atom stereocenters. The number of morpholine rings is 1. The number of rotatable bonds is 3. The van der Waals surface area contributed by atoms with Crippen molar-refractivity contribution in [3.63, 3.8) is 0 Å². The van der Waals surface area contributed by atoms with Crippen molar-refractivity contribution in [2.75, 3.05) is 26.4 Å². The fourth-order valence-electron chi connectivity index (χ4n) is 3.44. The molecule has 0 saturated carbocycles. The summed E-state index contributed by atoms with van der Waals surface area (Å²) in [5.74, 6) is 1.54. The Hall–Kier alpha value is -1.95. The zero-order chi connectivity index (χ0) is 18.2. The zero-order valence-electron chi connectivity index (χ0n) is 15.7. The van der Waals surface area contributed by atoms with Crippen LogP contribution in [-0.2, 0) is 10.2 Å². The van der Waals surface area contributed by atoms with Gasteiger partial charge in [0.25, 0.3) is 0 Å². The summed E-state index contributed by atoms with van der Waals surface area (Å²) in [4.78, 5) is 14.4. The molecule has 25 heavy (non-hydrogen) atoms. The molecule has 0 bridgehead atoms. The number of ether oxygens (including phenoxy) is 3. The maximum atomic E-state index is 12.6. The number of hydrogen-bond donors (Lipinski definition) is 1. The van der Waals surface area contributed by atoms with Crippen molar-refractivity contribution in [2.45, 2.75) is 51.7 Å². The van der Waals surface area contributed by atoms with Gasteiger partial charge in [-0.1, -0.05) is 19.9 Å². The smallest absolute Gasteiger partial charge is 0.317 e. The van der Waals surface area contributed by atoms with E-state index in [1.165, 1.54) is 0 Å². The van der Waals surface area contributed by atoms with Crippen LogP contribution in [0.5, 0.6) is 11.5 Å². The van der Waals surface area contributed by atoms with Gasteiger partial charge in [-0.15, -0.1) is 0 Å². The van der Waals surface area contributed by atoms with E-state index in [1.54, 1.807) is 0 Å². The first-order valence-electron chi connectivity index (χ1n) is 8.77. The highest BCUT2D eigenvalue weighted by Gasteiger charge is 2.34. The van der Waals surface area contributed by atoms with Gasteiger partial charge < -0.3 is 24.4 Å². The van der Waals surface area contributed by atoms with E-state index in [4.69, 9.17) is 14.2 Å². The van der Waals surface area contributed by atoms with Crippen LogP contribution in [0.4, 0.5) is 4.79 Å². The van der Waals surface area contributed by atoms with Gasteiger partial charge in [-0.3, -0.25) is 0 Å². The van der Waals surface area contributed by atoms with E-state index in [1.807, 2.05) is 43.9 Å². The molecule has 1 aromatic carbocycles. The first kappa shape index (κ1) is 17.9. The number of nitrogens with one attached hydrogen (secondary N) is 1. The summed E-state index contributed by atoms with van der Waals surface area (Å²) in [6.07, 6.45) is 0.0383. The highest BCUT2D eigenvalue weighted by Crippen LogP contribution is 2.36. The first-order valence-corrected chi connectivity index (χ1v) is 8.77. The van der Waals surface area contributed by atoms with E-state index in [0.717, 1.165) is 17.1 Å². The summed E-state index contributed by atoms with van der Waals surface area (Å²) < 4.78 is 16.7. The molecule has 0 aromatic heterocycles. The summed E-state index contributed by atoms with van der Waals surface area (Å²) in [6, 6.07) is 5.90. The molecule has 2 aliphatic heterocycles. The molecule has 1 N–H and O–H groups in total. The fraction of sp³-hybridized carbons (Fsp3) is 0.632. The largest absolute Gasteiger partial charge is 0.454 e. The van der Waals surface area contributed by atoms with Crippen molar-refractivity contribution < 1.29 is 19.0 Å². The van der Waals surface area contributed by atoms with Crippen LogP contribution in [0, 0.1) is 0 Å². The monoisotopic (exact) mass is 348 g/mol. The van der Waals surface area contributed by atoms with Gasteiger partial charge >= 0.3 is 6.03 Å². The normalized spacial score (nSPS) is 22.0. The number of hydrogen-bond acceptors (Lipinski definition) is 4. The van der Waals surface area contributed by atoms with E-state index in [9.17, 15) is 4.79 Å². The SMILES string of the molecule is CC1CN(C(=O)NCC(C)(C)c2ccc3c(c2)OCO3)CC(C)(C)O1. The Morgan fingerprint density at radius 2 is 2.04 bits per heavy atom. The second-order valence-corrected chi connectivity index (χ2v) is 8.18. The minimum Gasteiger partial charge on any atom is -0.454 e. The van der Waals surface area contributed by atoms with Gasteiger partial charge in [0.2, 0.25) is 6.79 Å². The average molecular weight is 348 g/mol. The second-order valence-electron chi connectivity index (χ2n) is 8.18.